The molecule has 2 heterocycles. The summed E-state index contributed by atoms with van der Waals surface area (Å²) in [5.41, 5.74) is 0.519. The van der Waals surface area contributed by atoms with Crippen LogP contribution in [0.25, 0.3) is 10.9 Å². The maximum Gasteiger partial charge on any atom is 0.258 e. The highest BCUT2D eigenvalue weighted by atomic mass is 35.5. The van der Waals surface area contributed by atoms with Gasteiger partial charge in [0.15, 0.2) is 5.82 Å². The minimum Gasteiger partial charge on any atom is -0.326 e. The van der Waals surface area contributed by atoms with Gasteiger partial charge in [0.05, 0.1) is 42.0 Å². The van der Waals surface area contributed by atoms with Crippen molar-refractivity contribution < 1.29 is 13.3 Å². The molecule has 2 N–H and O–H groups in total. The molecule has 1 fully saturated rings. The second-order valence-electron chi connectivity index (χ2n) is 6.82. The molecule has 1 aliphatic rings. The Morgan fingerprint density at radius 2 is 1.86 bits per heavy atom. The molecule has 0 atom stereocenters. The third-order valence-corrected chi connectivity index (χ3v) is 7.07. The minimum absolute atomic E-state index is 0.151. The van der Waals surface area contributed by atoms with E-state index in [1.165, 1.54) is 15.3 Å². The highest BCUT2D eigenvalue weighted by molar-refractivity contribution is 7.89. The third kappa shape index (κ3) is 3.81. The Morgan fingerprint density at radius 1 is 1.11 bits per heavy atom. The molecule has 146 valence electrons. The summed E-state index contributed by atoms with van der Waals surface area (Å²) in [5, 5.41) is 0.968. The van der Waals surface area contributed by atoms with Crippen LogP contribution in [-0.2, 0) is 16.6 Å². The molecule has 2 aromatic carbocycles. The third-order valence-electron chi connectivity index (χ3n) is 4.94. The number of hydrogen-bond donors (Lipinski definition) is 2. The maximum absolute atomic E-state index is 12.8. The number of nitrogens with one attached hydrogen (secondary N) is 2. The summed E-state index contributed by atoms with van der Waals surface area (Å²) in [4.78, 5) is 21.0. The molecule has 0 amide bonds. The normalized spacial score (nSPS) is 16.5. The van der Waals surface area contributed by atoms with Crippen LogP contribution in [0.3, 0.4) is 0 Å². The second kappa shape index (κ2) is 7.63. The van der Waals surface area contributed by atoms with E-state index in [1.807, 2.05) is 18.2 Å². The number of H-pyrrole nitrogens is 1. The van der Waals surface area contributed by atoms with Crippen LogP contribution < -0.4 is 10.5 Å². The van der Waals surface area contributed by atoms with Gasteiger partial charge in [0.25, 0.3) is 5.56 Å². The maximum atomic E-state index is 12.8. The van der Waals surface area contributed by atoms with E-state index in [1.54, 1.807) is 24.3 Å². The Labute approximate surface area is 167 Å². The van der Waals surface area contributed by atoms with E-state index in [-0.39, 0.29) is 10.5 Å². The second-order valence-corrected chi connectivity index (χ2v) is 9.19. The molecular weight excluding hydrogens is 400 g/mol. The van der Waals surface area contributed by atoms with Gasteiger partial charge in [0, 0.05) is 5.02 Å². The summed E-state index contributed by atoms with van der Waals surface area (Å²) in [6, 6.07) is 13.5. The van der Waals surface area contributed by atoms with Crippen molar-refractivity contribution in [3.05, 3.63) is 69.7 Å². The molecule has 0 spiro atoms. The number of rotatable bonds is 4. The van der Waals surface area contributed by atoms with Gasteiger partial charge in [-0.05, 0) is 30.3 Å². The average molecular weight is 420 g/mol. The lowest BCUT2D eigenvalue weighted by atomic mass is 10.2. The Hall–Kier alpha value is -2.26. The summed E-state index contributed by atoms with van der Waals surface area (Å²) in [6.45, 7) is 2.63. The number of aromatic nitrogens is 2. The van der Waals surface area contributed by atoms with Crippen molar-refractivity contribution in [2.24, 2.45) is 0 Å². The predicted molar refractivity (Wildman–Crippen MR) is 107 cm³/mol. The van der Waals surface area contributed by atoms with E-state index in [9.17, 15) is 13.2 Å². The van der Waals surface area contributed by atoms with Crippen molar-refractivity contribution in [2.45, 2.75) is 11.4 Å². The Morgan fingerprint density at radius 3 is 2.61 bits per heavy atom. The number of halogens is 1. The van der Waals surface area contributed by atoms with Crippen molar-refractivity contribution in [3.63, 3.8) is 0 Å². The minimum atomic E-state index is -3.55. The van der Waals surface area contributed by atoms with E-state index >= 15 is 0 Å². The zero-order valence-electron chi connectivity index (χ0n) is 15.1. The van der Waals surface area contributed by atoms with Gasteiger partial charge in [-0.1, -0.05) is 29.8 Å². The predicted octanol–water partition coefficient (Wildman–Crippen LogP) is 0.666. The van der Waals surface area contributed by atoms with Gasteiger partial charge >= 0.3 is 0 Å². The quantitative estimate of drug-likeness (QED) is 0.650. The van der Waals surface area contributed by atoms with Crippen LogP contribution in [0.4, 0.5) is 0 Å². The zero-order valence-corrected chi connectivity index (χ0v) is 16.6. The van der Waals surface area contributed by atoms with E-state index in [0.717, 1.165) is 0 Å². The molecule has 1 aliphatic heterocycles. The van der Waals surface area contributed by atoms with E-state index in [2.05, 4.69) is 9.97 Å². The summed E-state index contributed by atoms with van der Waals surface area (Å²) in [7, 11) is -3.55. The van der Waals surface area contributed by atoms with Gasteiger partial charge in [0.1, 0.15) is 6.54 Å². The van der Waals surface area contributed by atoms with Gasteiger partial charge in [-0.15, -0.1) is 0 Å². The highest BCUT2D eigenvalue weighted by Gasteiger charge is 2.30. The molecule has 3 aromatic rings. The molecule has 0 bridgehead atoms. The number of quaternary nitrogens is 1. The highest BCUT2D eigenvalue weighted by Crippen LogP contribution is 2.19. The van der Waals surface area contributed by atoms with Crippen LogP contribution in [0.2, 0.25) is 5.02 Å². The first-order chi connectivity index (χ1) is 13.4. The first-order valence-corrected chi connectivity index (χ1v) is 10.8. The number of sulfonamides is 1. The molecule has 0 unspecified atom stereocenters. The van der Waals surface area contributed by atoms with E-state index in [4.69, 9.17) is 11.6 Å². The molecule has 7 nitrogen and oxygen atoms in total. The number of benzene rings is 2. The smallest absolute Gasteiger partial charge is 0.258 e. The van der Waals surface area contributed by atoms with E-state index in [0.29, 0.717) is 54.5 Å². The number of fused-ring (bicyclic) bond motifs is 1. The molecule has 0 aliphatic carbocycles. The van der Waals surface area contributed by atoms with Crippen LogP contribution in [-0.4, -0.2) is 48.9 Å². The van der Waals surface area contributed by atoms with Crippen molar-refractivity contribution in [1.29, 1.82) is 0 Å². The van der Waals surface area contributed by atoms with Crippen LogP contribution in [0, 0.1) is 0 Å². The summed E-state index contributed by atoms with van der Waals surface area (Å²) in [6.07, 6.45) is 0. The monoisotopic (exact) mass is 419 g/mol. The zero-order chi connectivity index (χ0) is 19.7. The summed E-state index contributed by atoms with van der Waals surface area (Å²) < 4.78 is 27.1. The molecule has 9 heteroatoms. The molecular formula is C19H20ClN4O3S+. The average Bonchev–Trinajstić information content (AvgIpc) is 2.68. The SMILES string of the molecule is O=c1[nH]c(C[NH+]2CCN(S(=O)(=O)c3cccc(Cl)c3)CC2)nc2ccccc12. The lowest BCUT2D eigenvalue weighted by Crippen LogP contribution is -3.13. The number of piperazine rings is 1. The number of hydrogen-bond acceptors (Lipinski definition) is 4. The fourth-order valence-corrected chi connectivity index (χ4v) is 5.19. The number of para-hydroxylation sites is 1. The van der Waals surface area contributed by atoms with Crippen LogP contribution in [0.5, 0.6) is 0 Å². The fourth-order valence-electron chi connectivity index (χ4n) is 3.45. The van der Waals surface area contributed by atoms with E-state index < -0.39 is 10.0 Å². The Kier molecular flexibility index (Phi) is 5.20. The fraction of sp³-hybridized carbons (Fsp3) is 0.263. The number of aromatic amines is 1. The Balaban J connectivity index is 1.45. The standard InChI is InChI=1S/C19H19ClN4O3S/c20-14-4-3-5-15(12-14)28(26,27)24-10-8-23(9-11-24)13-18-21-17-7-2-1-6-16(17)19(25)22-18/h1-7,12H,8-11,13H2,(H,21,22,25)/p+1. The molecule has 1 aromatic heterocycles. The molecule has 0 radical (unpaired) electrons. The first kappa shape index (κ1) is 19.1. The summed E-state index contributed by atoms with van der Waals surface area (Å²) in [5.74, 6) is 0.616. The lowest BCUT2D eigenvalue weighted by Gasteiger charge is -2.31. The van der Waals surface area contributed by atoms with Crippen molar-refractivity contribution in [1.82, 2.24) is 14.3 Å². The topological polar surface area (TPSA) is 87.6 Å². The Bertz CT molecular complexity index is 1170. The van der Waals surface area contributed by atoms with Gasteiger partial charge in [-0.25, -0.2) is 13.4 Å². The van der Waals surface area contributed by atoms with Crippen molar-refractivity contribution in [2.75, 3.05) is 26.2 Å². The van der Waals surface area contributed by atoms with Gasteiger partial charge in [-0.3, -0.25) is 4.79 Å². The van der Waals surface area contributed by atoms with Crippen molar-refractivity contribution >= 4 is 32.5 Å². The van der Waals surface area contributed by atoms with Gasteiger partial charge in [-0.2, -0.15) is 4.31 Å². The van der Waals surface area contributed by atoms with Crippen LogP contribution >= 0.6 is 11.6 Å². The molecule has 28 heavy (non-hydrogen) atoms. The lowest BCUT2D eigenvalue weighted by molar-refractivity contribution is -0.917. The van der Waals surface area contributed by atoms with Crippen LogP contribution in [0.1, 0.15) is 5.82 Å². The molecule has 0 saturated carbocycles. The van der Waals surface area contributed by atoms with Gasteiger partial charge in [0.2, 0.25) is 10.0 Å². The summed E-state index contributed by atoms with van der Waals surface area (Å²) >= 11 is 5.93. The van der Waals surface area contributed by atoms with Crippen molar-refractivity contribution in [3.8, 4) is 0 Å². The first-order valence-electron chi connectivity index (χ1n) is 9.01. The number of nitrogens with zero attached hydrogens (tertiary/aromatic N) is 2. The van der Waals surface area contributed by atoms with Crippen LogP contribution in [0.15, 0.2) is 58.2 Å². The van der Waals surface area contributed by atoms with Gasteiger partial charge < -0.3 is 9.88 Å². The largest absolute Gasteiger partial charge is 0.326 e. The molecule has 4 rings (SSSR count). The molecule has 1 saturated heterocycles.